The summed E-state index contributed by atoms with van der Waals surface area (Å²) in [5, 5.41) is 18.8. The molecule has 0 atom stereocenters. The molecule has 1 aliphatic carbocycles. The summed E-state index contributed by atoms with van der Waals surface area (Å²) in [6, 6.07) is 2.04. The summed E-state index contributed by atoms with van der Waals surface area (Å²) in [6.07, 6.45) is 3.86. The minimum absolute atomic E-state index is 0.0771. The lowest BCUT2D eigenvalue weighted by molar-refractivity contribution is -0.136. The number of hydrogen-bond donors (Lipinski definition) is 1. The van der Waals surface area contributed by atoms with Crippen molar-refractivity contribution in [3.63, 3.8) is 0 Å². The van der Waals surface area contributed by atoms with Crippen LogP contribution in [0.2, 0.25) is 0 Å². The van der Waals surface area contributed by atoms with Gasteiger partial charge in [0.15, 0.2) is 0 Å². The number of aliphatic hydroxyl groups is 1. The predicted molar refractivity (Wildman–Crippen MR) is 66.7 cm³/mol. The molecule has 0 aromatic carbocycles. The van der Waals surface area contributed by atoms with Gasteiger partial charge in [0.05, 0.1) is 31.1 Å². The average molecular weight is 254 g/mol. The summed E-state index contributed by atoms with van der Waals surface area (Å²) in [5.74, 6) is -0.0771. The first kappa shape index (κ1) is 14.9. The summed E-state index contributed by atoms with van der Waals surface area (Å²) in [6.45, 7) is 1.34. The number of carbonyl (C=O) groups is 1. The van der Waals surface area contributed by atoms with E-state index in [1.54, 1.807) is 12.0 Å². The van der Waals surface area contributed by atoms with E-state index in [0.717, 1.165) is 12.8 Å². The maximum atomic E-state index is 12.1. The minimum atomic E-state index is -0.824. The highest BCUT2D eigenvalue weighted by Gasteiger charge is 2.34. The number of hydrogen-bond acceptors (Lipinski definition) is 4. The van der Waals surface area contributed by atoms with Crippen LogP contribution >= 0.6 is 0 Å². The molecule has 0 heterocycles. The molecular formula is C13H22N2O3. The van der Waals surface area contributed by atoms with E-state index in [2.05, 4.69) is 0 Å². The second-order valence-corrected chi connectivity index (χ2v) is 4.89. The summed E-state index contributed by atoms with van der Waals surface area (Å²) in [5.41, 5.74) is -0.824. The second kappa shape index (κ2) is 7.34. The van der Waals surface area contributed by atoms with Gasteiger partial charge in [-0.3, -0.25) is 4.79 Å². The van der Waals surface area contributed by atoms with E-state index in [-0.39, 0.29) is 12.3 Å². The number of ether oxygens (including phenoxy) is 1. The molecule has 0 aliphatic heterocycles. The molecule has 18 heavy (non-hydrogen) atoms. The third kappa shape index (κ3) is 4.63. The zero-order valence-corrected chi connectivity index (χ0v) is 11.0. The van der Waals surface area contributed by atoms with Crippen molar-refractivity contribution < 1.29 is 14.6 Å². The Labute approximate surface area is 108 Å². The smallest absolute Gasteiger partial charge is 0.225 e. The highest BCUT2D eigenvalue weighted by Crippen LogP contribution is 2.32. The van der Waals surface area contributed by atoms with Gasteiger partial charge >= 0.3 is 0 Å². The third-order valence-electron chi connectivity index (χ3n) is 3.43. The summed E-state index contributed by atoms with van der Waals surface area (Å²) in [4.78, 5) is 13.7. The molecule has 102 valence electrons. The van der Waals surface area contributed by atoms with Gasteiger partial charge in [0, 0.05) is 20.2 Å². The van der Waals surface area contributed by atoms with Crippen LogP contribution in [0.5, 0.6) is 0 Å². The van der Waals surface area contributed by atoms with Gasteiger partial charge < -0.3 is 14.7 Å². The first-order chi connectivity index (χ1) is 8.61. The van der Waals surface area contributed by atoms with Gasteiger partial charge in [0.2, 0.25) is 5.91 Å². The van der Waals surface area contributed by atoms with E-state index in [9.17, 15) is 9.90 Å². The summed E-state index contributed by atoms with van der Waals surface area (Å²) >= 11 is 0. The van der Waals surface area contributed by atoms with Crippen LogP contribution < -0.4 is 0 Å². The third-order valence-corrected chi connectivity index (χ3v) is 3.43. The van der Waals surface area contributed by atoms with Gasteiger partial charge in [0.25, 0.3) is 0 Å². The Balaban J connectivity index is 2.49. The van der Waals surface area contributed by atoms with Crippen molar-refractivity contribution >= 4 is 5.91 Å². The molecule has 0 aromatic heterocycles. The van der Waals surface area contributed by atoms with Gasteiger partial charge in [0.1, 0.15) is 0 Å². The zero-order chi connectivity index (χ0) is 13.4. The van der Waals surface area contributed by atoms with Crippen molar-refractivity contribution in [3.05, 3.63) is 0 Å². The van der Waals surface area contributed by atoms with Crippen LogP contribution in [-0.2, 0) is 9.53 Å². The lowest BCUT2D eigenvalue weighted by Gasteiger charge is -2.27. The van der Waals surface area contributed by atoms with Crippen molar-refractivity contribution in [2.75, 3.05) is 26.8 Å². The Hall–Kier alpha value is -1.12. The number of carbonyl (C=O) groups excluding carboxylic acids is 1. The number of nitrogens with zero attached hydrogens (tertiary/aromatic N) is 2. The van der Waals surface area contributed by atoms with Gasteiger partial charge in [-0.15, -0.1) is 0 Å². The van der Waals surface area contributed by atoms with E-state index < -0.39 is 5.60 Å². The van der Waals surface area contributed by atoms with E-state index in [1.165, 1.54) is 0 Å². The molecular weight excluding hydrogens is 232 g/mol. The van der Waals surface area contributed by atoms with Crippen molar-refractivity contribution in [3.8, 4) is 6.07 Å². The van der Waals surface area contributed by atoms with Crippen LogP contribution in [0.1, 0.15) is 38.5 Å². The molecule has 5 heteroatoms. The molecule has 0 radical (unpaired) electrons. The molecule has 0 unspecified atom stereocenters. The Bertz CT molecular complexity index is 306. The fraction of sp³-hybridized carbons (Fsp3) is 0.846. The Kier molecular flexibility index (Phi) is 6.10. The van der Waals surface area contributed by atoms with Gasteiger partial charge in [-0.2, -0.15) is 5.26 Å². The lowest BCUT2D eigenvalue weighted by Crippen LogP contribution is -2.40. The molecule has 5 nitrogen and oxygen atoms in total. The molecule has 0 bridgehead atoms. The Morgan fingerprint density at radius 3 is 2.67 bits per heavy atom. The van der Waals surface area contributed by atoms with Crippen molar-refractivity contribution in [1.82, 2.24) is 4.90 Å². The number of amides is 1. The van der Waals surface area contributed by atoms with Crippen LogP contribution in [0.15, 0.2) is 0 Å². The van der Waals surface area contributed by atoms with E-state index in [4.69, 9.17) is 10.00 Å². The van der Waals surface area contributed by atoms with Gasteiger partial charge in [-0.05, 0) is 12.8 Å². The molecule has 0 aromatic rings. The van der Waals surface area contributed by atoms with Crippen molar-refractivity contribution in [2.45, 2.75) is 44.1 Å². The van der Waals surface area contributed by atoms with Gasteiger partial charge in [-0.25, -0.2) is 0 Å². The maximum Gasteiger partial charge on any atom is 0.225 e. The fourth-order valence-electron chi connectivity index (χ4n) is 2.35. The summed E-state index contributed by atoms with van der Waals surface area (Å²) < 4.78 is 4.96. The van der Waals surface area contributed by atoms with Crippen LogP contribution in [0, 0.1) is 11.3 Å². The van der Waals surface area contributed by atoms with Crippen LogP contribution in [0.4, 0.5) is 0 Å². The summed E-state index contributed by atoms with van der Waals surface area (Å²) in [7, 11) is 1.58. The van der Waals surface area contributed by atoms with Gasteiger partial charge in [-0.1, -0.05) is 12.8 Å². The maximum absolute atomic E-state index is 12.1. The highest BCUT2D eigenvalue weighted by molar-refractivity contribution is 5.77. The molecule has 0 spiro atoms. The normalized spacial score (nSPS) is 17.4. The first-order valence-corrected chi connectivity index (χ1v) is 6.47. The molecule has 1 fully saturated rings. The largest absolute Gasteiger partial charge is 0.389 e. The molecule has 1 saturated carbocycles. The fourth-order valence-corrected chi connectivity index (χ4v) is 2.35. The van der Waals surface area contributed by atoms with E-state index >= 15 is 0 Å². The molecule has 1 amide bonds. The number of rotatable bonds is 7. The zero-order valence-electron chi connectivity index (χ0n) is 11.0. The van der Waals surface area contributed by atoms with E-state index in [1.807, 2.05) is 6.07 Å². The van der Waals surface area contributed by atoms with Crippen molar-refractivity contribution in [1.29, 1.82) is 5.26 Å². The Morgan fingerprint density at radius 2 is 2.11 bits per heavy atom. The lowest BCUT2D eigenvalue weighted by atomic mass is 9.97. The highest BCUT2D eigenvalue weighted by atomic mass is 16.5. The topological polar surface area (TPSA) is 73.6 Å². The monoisotopic (exact) mass is 254 g/mol. The van der Waals surface area contributed by atoms with Crippen LogP contribution in [0.25, 0.3) is 0 Å². The predicted octanol–water partition coefficient (Wildman–Crippen LogP) is 1.07. The number of methoxy groups -OCH3 is 1. The SMILES string of the molecule is COCCN(CCC#N)C(=O)CC1(O)CCCC1. The standard InChI is InChI=1S/C13H22N2O3/c1-18-10-9-15(8-4-7-14)12(16)11-13(17)5-2-3-6-13/h17H,2-6,8-11H2,1H3. The molecule has 0 saturated heterocycles. The number of nitriles is 1. The van der Waals surface area contributed by atoms with Crippen molar-refractivity contribution in [2.24, 2.45) is 0 Å². The molecule has 1 rings (SSSR count). The van der Waals surface area contributed by atoms with Crippen LogP contribution in [0.3, 0.4) is 0 Å². The van der Waals surface area contributed by atoms with Crippen LogP contribution in [-0.4, -0.2) is 48.3 Å². The molecule has 1 aliphatic rings. The molecule has 1 N–H and O–H groups in total. The first-order valence-electron chi connectivity index (χ1n) is 6.47. The second-order valence-electron chi connectivity index (χ2n) is 4.89. The average Bonchev–Trinajstić information content (AvgIpc) is 2.75. The quantitative estimate of drug-likeness (QED) is 0.737. The Morgan fingerprint density at radius 1 is 1.44 bits per heavy atom. The van der Waals surface area contributed by atoms with E-state index in [0.29, 0.717) is 39.0 Å². The minimum Gasteiger partial charge on any atom is -0.389 e.